The number of ketones is 1. The Morgan fingerprint density at radius 3 is 2.38 bits per heavy atom. The molecule has 0 bridgehead atoms. The molecule has 1 fully saturated rings. The Balaban J connectivity index is 1.63. The van der Waals surface area contributed by atoms with Crippen molar-refractivity contribution in [2.24, 2.45) is 0 Å². The second-order valence-electron chi connectivity index (χ2n) is 7.24. The average Bonchev–Trinajstić information content (AvgIpc) is 3.19. The number of halogens is 1. The summed E-state index contributed by atoms with van der Waals surface area (Å²) in [5.41, 5.74) is 2.15. The van der Waals surface area contributed by atoms with Gasteiger partial charge in [-0.3, -0.25) is 9.59 Å². The second kappa shape index (κ2) is 9.09. The van der Waals surface area contributed by atoms with E-state index in [-0.39, 0.29) is 17.7 Å². The van der Waals surface area contributed by atoms with Crippen molar-refractivity contribution in [2.75, 3.05) is 18.9 Å². The van der Waals surface area contributed by atoms with Crippen LogP contribution in [-0.4, -0.2) is 47.2 Å². The van der Waals surface area contributed by atoms with Crippen LogP contribution < -0.4 is 5.32 Å². The van der Waals surface area contributed by atoms with Gasteiger partial charge in [-0.15, -0.1) is 0 Å². The Kier molecular flexibility index (Phi) is 6.54. The fraction of sp³-hybridized carbons (Fsp3) is 0.318. The number of carbonyl (C=O) groups is 3. The standard InChI is InChI=1S/C22H24ClN3O3/c1-15(27)17-7-11-19(12-8-17)24-22(29)26-13-3-4-20(26)21(28)25(2)14-16-5-9-18(23)10-6-16/h5-12,20H,3-4,13-14H2,1-2H3,(H,24,29)/t20-/m1/s1. The van der Waals surface area contributed by atoms with Crippen molar-refractivity contribution in [2.45, 2.75) is 32.4 Å². The number of amides is 3. The van der Waals surface area contributed by atoms with Crippen LogP contribution in [0.15, 0.2) is 48.5 Å². The highest BCUT2D eigenvalue weighted by atomic mass is 35.5. The van der Waals surface area contributed by atoms with Crippen LogP contribution in [0.4, 0.5) is 10.5 Å². The Morgan fingerprint density at radius 2 is 1.76 bits per heavy atom. The van der Waals surface area contributed by atoms with E-state index < -0.39 is 6.04 Å². The molecule has 0 saturated carbocycles. The minimum absolute atomic E-state index is 0.0307. The topological polar surface area (TPSA) is 69.7 Å². The maximum atomic E-state index is 12.9. The van der Waals surface area contributed by atoms with Crippen LogP contribution in [0.1, 0.15) is 35.7 Å². The monoisotopic (exact) mass is 413 g/mol. The molecule has 0 unspecified atom stereocenters. The lowest BCUT2D eigenvalue weighted by atomic mass is 10.1. The highest BCUT2D eigenvalue weighted by molar-refractivity contribution is 6.30. The van der Waals surface area contributed by atoms with Gasteiger partial charge in [0.1, 0.15) is 6.04 Å². The Hall–Kier alpha value is -2.86. The first kappa shape index (κ1) is 20.9. The van der Waals surface area contributed by atoms with Gasteiger partial charge >= 0.3 is 6.03 Å². The van der Waals surface area contributed by atoms with Crippen molar-refractivity contribution >= 4 is 35.0 Å². The van der Waals surface area contributed by atoms with E-state index in [0.717, 1.165) is 12.0 Å². The lowest BCUT2D eigenvalue weighted by Crippen LogP contribution is -2.47. The van der Waals surface area contributed by atoms with Gasteiger partial charge in [0, 0.05) is 36.4 Å². The molecular formula is C22H24ClN3O3. The van der Waals surface area contributed by atoms with Crippen LogP contribution in [-0.2, 0) is 11.3 Å². The van der Waals surface area contributed by atoms with Crippen molar-refractivity contribution in [3.63, 3.8) is 0 Å². The minimum atomic E-state index is -0.483. The zero-order valence-corrected chi connectivity index (χ0v) is 17.3. The Labute approximate surface area is 175 Å². The number of likely N-dealkylation sites (tertiary alicyclic amines) is 1. The first-order valence-corrected chi connectivity index (χ1v) is 9.91. The molecule has 1 aliphatic heterocycles. The molecule has 3 rings (SSSR count). The summed E-state index contributed by atoms with van der Waals surface area (Å²) in [7, 11) is 1.74. The molecule has 0 radical (unpaired) electrons. The molecule has 2 aromatic rings. The molecule has 6 nitrogen and oxygen atoms in total. The summed E-state index contributed by atoms with van der Waals surface area (Å²) in [6, 6.07) is 13.3. The minimum Gasteiger partial charge on any atom is -0.340 e. The molecule has 1 aliphatic rings. The summed E-state index contributed by atoms with van der Waals surface area (Å²) in [6.07, 6.45) is 1.42. The number of Topliss-reactive ketones (excluding diaryl/α,β-unsaturated/α-hetero) is 1. The fourth-order valence-electron chi connectivity index (χ4n) is 3.45. The molecule has 0 aliphatic carbocycles. The van der Waals surface area contributed by atoms with E-state index in [1.807, 2.05) is 12.1 Å². The molecule has 1 atom stereocenters. The van der Waals surface area contributed by atoms with Gasteiger partial charge in [-0.25, -0.2) is 4.79 Å². The molecule has 2 aromatic carbocycles. The SMILES string of the molecule is CC(=O)c1ccc(NC(=O)N2CCC[C@@H]2C(=O)N(C)Cc2ccc(Cl)cc2)cc1. The predicted molar refractivity (Wildman–Crippen MR) is 113 cm³/mol. The maximum absolute atomic E-state index is 12.9. The van der Waals surface area contributed by atoms with Crippen LogP contribution in [0.3, 0.4) is 0 Å². The number of hydrogen-bond donors (Lipinski definition) is 1. The lowest BCUT2D eigenvalue weighted by Gasteiger charge is -2.28. The number of nitrogens with zero attached hydrogens (tertiary/aromatic N) is 2. The summed E-state index contributed by atoms with van der Waals surface area (Å²) in [4.78, 5) is 40.3. The number of benzene rings is 2. The van der Waals surface area contributed by atoms with E-state index in [1.165, 1.54) is 6.92 Å². The molecule has 29 heavy (non-hydrogen) atoms. The quantitative estimate of drug-likeness (QED) is 0.747. The van der Waals surface area contributed by atoms with Crippen LogP contribution in [0.5, 0.6) is 0 Å². The summed E-state index contributed by atoms with van der Waals surface area (Å²) in [5, 5.41) is 3.47. The van der Waals surface area contributed by atoms with Gasteiger partial charge in [-0.05, 0) is 61.7 Å². The van der Waals surface area contributed by atoms with Crippen molar-refractivity contribution in [3.05, 3.63) is 64.7 Å². The number of urea groups is 1. The van der Waals surface area contributed by atoms with Gasteiger partial charge in [-0.1, -0.05) is 23.7 Å². The van der Waals surface area contributed by atoms with Crippen molar-refractivity contribution in [3.8, 4) is 0 Å². The lowest BCUT2D eigenvalue weighted by molar-refractivity contribution is -0.134. The number of anilines is 1. The number of likely N-dealkylation sites (N-methyl/N-ethyl adjacent to an activating group) is 1. The fourth-order valence-corrected chi connectivity index (χ4v) is 3.57. The van der Waals surface area contributed by atoms with Crippen molar-refractivity contribution in [1.29, 1.82) is 0 Å². The Morgan fingerprint density at radius 1 is 1.10 bits per heavy atom. The van der Waals surface area contributed by atoms with Crippen LogP contribution in [0.2, 0.25) is 5.02 Å². The molecular weight excluding hydrogens is 390 g/mol. The first-order chi connectivity index (χ1) is 13.8. The van der Waals surface area contributed by atoms with Crippen LogP contribution in [0.25, 0.3) is 0 Å². The highest BCUT2D eigenvalue weighted by Gasteiger charge is 2.35. The zero-order valence-electron chi connectivity index (χ0n) is 16.5. The van der Waals surface area contributed by atoms with Gasteiger partial charge in [0.25, 0.3) is 0 Å². The van der Waals surface area contributed by atoms with Crippen molar-refractivity contribution in [1.82, 2.24) is 9.80 Å². The third kappa shape index (κ3) is 5.15. The number of rotatable bonds is 5. The number of carbonyl (C=O) groups excluding carboxylic acids is 3. The molecule has 3 amide bonds. The predicted octanol–water partition coefficient (Wildman–Crippen LogP) is 4.20. The normalized spacial score (nSPS) is 15.8. The van der Waals surface area contributed by atoms with Gasteiger partial charge in [-0.2, -0.15) is 0 Å². The second-order valence-corrected chi connectivity index (χ2v) is 7.67. The first-order valence-electron chi connectivity index (χ1n) is 9.53. The zero-order chi connectivity index (χ0) is 21.0. The smallest absolute Gasteiger partial charge is 0.322 e. The molecule has 152 valence electrons. The van der Waals surface area contributed by atoms with Crippen LogP contribution in [0, 0.1) is 0 Å². The molecule has 0 spiro atoms. The van der Waals surface area contributed by atoms with Crippen LogP contribution >= 0.6 is 11.6 Å². The molecule has 7 heteroatoms. The number of nitrogens with one attached hydrogen (secondary N) is 1. The summed E-state index contributed by atoms with van der Waals surface area (Å²) in [6.45, 7) is 2.48. The molecule has 1 heterocycles. The number of hydrogen-bond acceptors (Lipinski definition) is 3. The van der Waals surface area contributed by atoms with Gasteiger partial charge in [0.2, 0.25) is 5.91 Å². The van der Waals surface area contributed by atoms with E-state index in [4.69, 9.17) is 11.6 Å². The maximum Gasteiger partial charge on any atom is 0.322 e. The summed E-state index contributed by atoms with van der Waals surface area (Å²) < 4.78 is 0. The van der Waals surface area contributed by atoms with Gasteiger partial charge < -0.3 is 15.1 Å². The molecule has 0 aromatic heterocycles. The van der Waals surface area contributed by atoms with E-state index in [2.05, 4.69) is 5.32 Å². The third-order valence-corrected chi connectivity index (χ3v) is 5.30. The highest BCUT2D eigenvalue weighted by Crippen LogP contribution is 2.22. The summed E-state index contributed by atoms with van der Waals surface area (Å²) in [5.74, 6) is -0.115. The average molecular weight is 414 g/mol. The van der Waals surface area contributed by atoms with Crippen molar-refractivity contribution < 1.29 is 14.4 Å². The third-order valence-electron chi connectivity index (χ3n) is 5.05. The molecule has 1 N–H and O–H groups in total. The molecule has 1 saturated heterocycles. The van der Waals surface area contributed by atoms with E-state index in [1.54, 1.807) is 53.2 Å². The van der Waals surface area contributed by atoms with E-state index in [9.17, 15) is 14.4 Å². The van der Waals surface area contributed by atoms with E-state index in [0.29, 0.717) is 35.8 Å². The van der Waals surface area contributed by atoms with E-state index >= 15 is 0 Å². The Bertz CT molecular complexity index is 897. The van der Waals surface area contributed by atoms with Gasteiger partial charge in [0.15, 0.2) is 5.78 Å². The largest absolute Gasteiger partial charge is 0.340 e. The van der Waals surface area contributed by atoms with Gasteiger partial charge in [0.05, 0.1) is 0 Å². The summed E-state index contributed by atoms with van der Waals surface area (Å²) >= 11 is 5.91.